The molecule has 2 aromatic carbocycles. The molecule has 0 aromatic heterocycles. The van der Waals surface area contributed by atoms with Crippen LogP contribution in [0, 0.1) is 0 Å². The van der Waals surface area contributed by atoms with Gasteiger partial charge in [-0.1, -0.05) is 31.0 Å². The van der Waals surface area contributed by atoms with Crippen LogP contribution in [-0.2, 0) is 16.4 Å². The largest absolute Gasteiger partial charge is 0.339 e. The Bertz CT molecular complexity index is 962. The summed E-state index contributed by atoms with van der Waals surface area (Å²) in [5.41, 5.74) is 2.35. The Morgan fingerprint density at radius 2 is 1.57 bits per heavy atom. The molecule has 2 aromatic rings. The number of sulfonamides is 1. The number of carbonyl (C=O) groups is 1. The van der Waals surface area contributed by atoms with Crippen molar-refractivity contribution < 1.29 is 13.2 Å². The zero-order valence-electron chi connectivity index (χ0n) is 16.2. The summed E-state index contributed by atoms with van der Waals surface area (Å²) >= 11 is 0. The minimum Gasteiger partial charge on any atom is -0.339 e. The first-order chi connectivity index (χ1) is 13.5. The van der Waals surface area contributed by atoms with Crippen molar-refractivity contribution in [1.29, 1.82) is 0 Å². The first-order valence-electron chi connectivity index (χ1n) is 10.00. The van der Waals surface area contributed by atoms with Gasteiger partial charge < -0.3 is 4.90 Å². The van der Waals surface area contributed by atoms with Gasteiger partial charge in [0.2, 0.25) is 0 Å². The average Bonchev–Trinajstić information content (AvgIpc) is 2.86. The van der Waals surface area contributed by atoms with E-state index in [0.29, 0.717) is 12.0 Å². The second-order valence-electron chi connectivity index (χ2n) is 7.71. The maximum atomic E-state index is 13.3. The molecule has 0 radical (unpaired) electrons. The summed E-state index contributed by atoms with van der Waals surface area (Å²) < 4.78 is 28.0. The Morgan fingerprint density at radius 1 is 0.929 bits per heavy atom. The number of para-hydroxylation sites is 1. The fourth-order valence-electron chi connectivity index (χ4n) is 4.24. The van der Waals surface area contributed by atoms with Crippen LogP contribution in [0.4, 0.5) is 5.69 Å². The summed E-state index contributed by atoms with van der Waals surface area (Å²) in [6, 6.07) is 13.9. The van der Waals surface area contributed by atoms with Gasteiger partial charge in [0.05, 0.1) is 10.6 Å². The normalized spacial score (nSPS) is 20.0. The van der Waals surface area contributed by atoms with E-state index in [1.54, 1.807) is 24.3 Å². The molecule has 0 N–H and O–H groups in total. The van der Waals surface area contributed by atoms with Crippen molar-refractivity contribution in [1.82, 2.24) is 4.90 Å². The molecular formula is C22H26N2O3S. The van der Waals surface area contributed by atoms with Gasteiger partial charge >= 0.3 is 0 Å². The number of carbonyl (C=O) groups excluding carboxylic acids is 1. The first-order valence-corrected chi connectivity index (χ1v) is 11.4. The molecular weight excluding hydrogens is 372 g/mol. The highest BCUT2D eigenvalue weighted by Crippen LogP contribution is 2.36. The molecule has 0 spiro atoms. The highest BCUT2D eigenvalue weighted by atomic mass is 32.2. The zero-order valence-corrected chi connectivity index (χ0v) is 17.0. The van der Waals surface area contributed by atoms with Crippen LogP contribution in [0.15, 0.2) is 53.4 Å². The van der Waals surface area contributed by atoms with Crippen LogP contribution in [0.5, 0.6) is 0 Å². The van der Waals surface area contributed by atoms with Crippen LogP contribution in [0.2, 0.25) is 0 Å². The molecule has 28 heavy (non-hydrogen) atoms. The lowest BCUT2D eigenvalue weighted by Crippen LogP contribution is -2.35. The maximum Gasteiger partial charge on any atom is 0.264 e. The summed E-state index contributed by atoms with van der Waals surface area (Å²) in [7, 11) is -3.67. The summed E-state index contributed by atoms with van der Waals surface area (Å²) in [6.07, 6.45) is 5.10. The van der Waals surface area contributed by atoms with Gasteiger partial charge in [0.25, 0.3) is 15.9 Å². The molecule has 5 nitrogen and oxygen atoms in total. The number of hydrogen-bond donors (Lipinski definition) is 0. The molecule has 6 heteroatoms. The van der Waals surface area contributed by atoms with E-state index < -0.39 is 10.0 Å². The van der Waals surface area contributed by atoms with E-state index in [1.165, 1.54) is 4.31 Å². The summed E-state index contributed by atoms with van der Waals surface area (Å²) in [5, 5.41) is 0. The average molecular weight is 399 g/mol. The molecule has 1 saturated heterocycles. The highest BCUT2D eigenvalue weighted by Gasteiger charge is 2.35. The van der Waals surface area contributed by atoms with Crippen molar-refractivity contribution in [2.24, 2.45) is 0 Å². The minimum atomic E-state index is -3.67. The predicted octanol–water partition coefficient (Wildman–Crippen LogP) is 3.84. The lowest BCUT2D eigenvalue weighted by molar-refractivity contribution is 0.0761. The number of fused-ring (bicyclic) bond motifs is 1. The molecule has 1 unspecified atom stereocenters. The Morgan fingerprint density at radius 3 is 2.25 bits per heavy atom. The number of amides is 1. The molecule has 148 valence electrons. The SMILES string of the molecule is CC1Cc2ccccc2N1S(=O)(=O)c1ccc(C(=O)N2CCCCCC2)cc1. The molecule has 1 amide bonds. The molecule has 0 bridgehead atoms. The fraction of sp³-hybridized carbons (Fsp3) is 0.409. The van der Waals surface area contributed by atoms with E-state index in [2.05, 4.69) is 0 Å². The molecule has 0 saturated carbocycles. The van der Waals surface area contributed by atoms with Crippen molar-refractivity contribution in [2.75, 3.05) is 17.4 Å². The molecule has 1 fully saturated rings. The van der Waals surface area contributed by atoms with Gasteiger partial charge in [0, 0.05) is 24.7 Å². The first kappa shape index (κ1) is 19.0. The van der Waals surface area contributed by atoms with Crippen molar-refractivity contribution in [2.45, 2.75) is 50.0 Å². The molecule has 2 aliphatic heterocycles. The Labute approximate surface area is 167 Å². The Balaban J connectivity index is 1.59. The van der Waals surface area contributed by atoms with Crippen LogP contribution >= 0.6 is 0 Å². The summed E-state index contributed by atoms with van der Waals surface area (Å²) in [6.45, 7) is 3.48. The predicted molar refractivity (Wildman–Crippen MR) is 110 cm³/mol. The summed E-state index contributed by atoms with van der Waals surface area (Å²) in [4.78, 5) is 14.9. The number of rotatable bonds is 3. The fourth-order valence-corrected chi connectivity index (χ4v) is 5.94. The second kappa shape index (κ2) is 7.59. The van der Waals surface area contributed by atoms with Crippen molar-refractivity contribution in [3.63, 3.8) is 0 Å². The van der Waals surface area contributed by atoms with E-state index in [1.807, 2.05) is 36.1 Å². The van der Waals surface area contributed by atoms with Gasteiger partial charge in [-0.15, -0.1) is 0 Å². The van der Waals surface area contributed by atoms with Crippen LogP contribution in [0.3, 0.4) is 0 Å². The van der Waals surface area contributed by atoms with Gasteiger partial charge in [-0.2, -0.15) is 0 Å². The van der Waals surface area contributed by atoms with Crippen LogP contribution in [0.1, 0.15) is 48.5 Å². The van der Waals surface area contributed by atoms with Crippen LogP contribution in [0.25, 0.3) is 0 Å². The Kier molecular flexibility index (Phi) is 5.15. The van der Waals surface area contributed by atoms with E-state index >= 15 is 0 Å². The van der Waals surface area contributed by atoms with Gasteiger partial charge in [0.15, 0.2) is 0 Å². The highest BCUT2D eigenvalue weighted by molar-refractivity contribution is 7.92. The van der Waals surface area contributed by atoms with E-state index in [0.717, 1.165) is 50.0 Å². The third-order valence-corrected chi connectivity index (χ3v) is 7.64. The van der Waals surface area contributed by atoms with Crippen LogP contribution in [-0.4, -0.2) is 38.4 Å². The zero-order chi connectivity index (χ0) is 19.7. The summed E-state index contributed by atoms with van der Waals surface area (Å²) in [5.74, 6) is -0.00858. The Hall–Kier alpha value is -2.34. The number of hydrogen-bond acceptors (Lipinski definition) is 3. The smallest absolute Gasteiger partial charge is 0.264 e. The van der Waals surface area contributed by atoms with Crippen molar-refractivity contribution in [3.8, 4) is 0 Å². The lowest BCUT2D eigenvalue weighted by Gasteiger charge is -2.25. The van der Waals surface area contributed by atoms with E-state index in [9.17, 15) is 13.2 Å². The number of nitrogens with zero attached hydrogens (tertiary/aromatic N) is 2. The number of likely N-dealkylation sites (tertiary alicyclic amines) is 1. The van der Waals surface area contributed by atoms with Gasteiger partial charge in [0.1, 0.15) is 0 Å². The van der Waals surface area contributed by atoms with Gasteiger partial charge in [-0.25, -0.2) is 8.42 Å². The third-order valence-electron chi connectivity index (χ3n) is 5.70. The monoisotopic (exact) mass is 398 g/mol. The number of anilines is 1. The third kappa shape index (κ3) is 3.41. The molecule has 0 aliphatic carbocycles. The molecule has 2 heterocycles. The topological polar surface area (TPSA) is 57.7 Å². The minimum absolute atomic E-state index is 0.00858. The lowest BCUT2D eigenvalue weighted by atomic mass is 10.1. The molecule has 4 rings (SSSR count). The van der Waals surface area contributed by atoms with Crippen molar-refractivity contribution >= 4 is 21.6 Å². The standard InChI is InChI=1S/C22H26N2O3S/c1-17-16-19-8-4-5-9-21(19)24(17)28(26,27)20-12-10-18(11-13-20)22(25)23-14-6-2-3-7-15-23/h4-5,8-13,17H,2-3,6-7,14-16H2,1H3. The molecule has 1 atom stereocenters. The van der Waals surface area contributed by atoms with E-state index in [-0.39, 0.29) is 16.8 Å². The van der Waals surface area contributed by atoms with Crippen LogP contribution < -0.4 is 4.31 Å². The van der Waals surface area contributed by atoms with Gasteiger partial charge in [-0.3, -0.25) is 9.10 Å². The van der Waals surface area contributed by atoms with Gasteiger partial charge in [-0.05, 0) is 62.1 Å². The number of benzene rings is 2. The van der Waals surface area contributed by atoms with Crippen molar-refractivity contribution in [3.05, 3.63) is 59.7 Å². The second-order valence-corrected chi connectivity index (χ2v) is 9.53. The quantitative estimate of drug-likeness (QED) is 0.789. The van der Waals surface area contributed by atoms with E-state index in [4.69, 9.17) is 0 Å². The maximum absolute atomic E-state index is 13.3. The molecule has 2 aliphatic rings.